The molecule has 1 saturated heterocycles. The number of rotatable bonds is 3. The molecule has 2 unspecified atom stereocenters. The fourth-order valence-corrected chi connectivity index (χ4v) is 1.94. The van der Waals surface area contributed by atoms with Gasteiger partial charge in [0.05, 0.1) is 0 Å². The summed E-state index contributed by atoms with van der Waals surface area (Å²) in [5.74, 6) is 1.93. The Morgan fingerprint density at radius 3 is 2.73 bits per heavy atom. The van der Waals surface area contributed by atoms with Crippen molar-refractivity contribution >= 4 is 11.8 Å². The number of likely N-dealkylation sites (tertiary alicyclic amines) is 1. The van der Waals surface area contributed by atoms with Gasteiger partial charge in [0, 0.05) is 31.4 Å². The van der Waals surface area contributed by atoms with Crippen LogP contribution in [0.25, 0.3) is 0 Å². The summed E-state index contributed by atoms with van der Waals surface area (Å²) in [6.45, 7) is 5.74. The Balaban J connectivity index is 2.18. The largest absolute Gasteiger partial charge is 0.326 e. The molecule has 1 heterocycles. The van der Waals surface area contributed by atoms with Gasteiger partial charge in [-0.05, 0) is 12.2 Å². The lowest BCUT2D eigenvalue weighted by molar-refractivity contribution is 0.348. The van der Waals surface area contributed by atoms with Crippen molar-refractivity contribution in [2.75, 3.05) is 31.6 Å². The third kappa shape index (κ3) is 2.65. The van der Waals surface area contributed by atoms with Gasteiger partial charge in [0.25, 0.3) is 0 Å². The van der Waals surface area contributed by atoms with Crippen LogP contribution in [0, 0.1) is 5.92 Å². The maximum atomic E-state index is 5.89. The summed E-state index contributed by atoms with van der Waals surface area (Å²) in [5, 5.41) is 0. The first-order valence-corrected chi connectivity index (χ1v) is 5.60. The normalized spacial score (nSPS) is 33.0. The van der Waals surface area contributed by atoms with Gasteiger partial charge in [-0.15, -0.1) is 0 Å². The minimum atomic E-state index is 0.414. The second-order valence-electron chi connectivity index (χ2n) is 3.39. The Morgan fingerprint density at radius 2 is 2.27 bits per heavy atom. The van der Waals surface area contributed by atoms with Crippen LogP contribution in [0.5, 0.6) is 0 Å². The topological polar surface area (TPSA) is 29.3 Å². The molecule has 0 saturated carbocycles. The van der Waals surface area contributed by atoms with E-state index >= 15 is 0 Å². The first kappa shape index (κ1) is 9.36. The van der Waals surface area contributed by atoms with Crippen molar-refractivity contribution < 1.29 is 0 Å². The summed E-state index contributed by atoms with van der Waals surface area (Å²) in [7, 11) is 0. The van der Waals surface area contributed by atoms with Gasteiger partial charge in [-0.2, -0.15) is 11.8 Å². The number of nitrogens with zero attached hydrogens (tertiary/aromatic N) is 1. The third-order valence-corrected chi connectivity index (χ3v) is 2.95. The van der Waals surface area contributed by atoms with Gasteiger partial charge in [0.2, 0.25) is 0 Å². The molecule has 0 aromatic heterocycles. The fraction of sp³-hybridized carbons (Fsp3) is 1.00. The van der Waals surface area contributed by atoms with Crippen LogP contribution in [0.1, 0.15) is 6.92 Å². The summed E-state index contributed by atoms with van der Waals surface area (Å²) in [6.07, 6.45) is 2.15. The van der Waals surface area contributed by atoms with Crippen molar-refractivity contribution in [2.24, 2.45) is 11.7 Å². The van der Waals surface area contributed by atoms with Gasteiger partial charge in [0.15, 0.2) is 0 Å². The molecular formula is C8H18N2S. The molecule has 0 aliphatic carbocycles. The summed E-state index contributed by atoms with van der Waals surface area (Å²) >= 11 is 1.91. The van der Waals surface area contributed by atoms with Crippen LogP contribution in [0.3, 0.4) is 0 Å². The van der Waals surface area contributed by atoms with Gasteiger partial charge in [0.1, 0.15) is 0 Å². The van der Waals surface area contributed by atoms with Crippen LogP contribution >= 0.6 is 11.8 Å². The van der Waals surface area contributed by atoms with Crippen molar-refractivity contribution in [1.82, 2.24) is 4.90 Å². The molecule has 0 amide bonds. The van der Waals surface area contributed by atoms with E-state index in [9.17, 15) is 0 Å². The van der Waals surface area contributed by atoms with Crippen molar-refractivity contribution in [3.63, 3.8) is 0 Å². The zero-order chi connectivity index (χ0) is 8.27. The highest BCUT2D eigenvalue weighted by Crippen LogP contribution is 2.14. The smallest absolute Gasteiger partial charge is 0.0206 e. The van der Waals surface area contributed by atoms with Crippen molar-refractivity contribution in [1.29, 1.82) is 0 Å². The zero-order valence-corrected chi connectivity index (χ0v) is 8.23. The SMILES string of the molecule is CSCCN1CC(C)C(N)C1. The number of hydrogen-bond acceptors (Lipinski definition) is 3. The maximum Gasteiger partial charge on any atom is 0.0206 e. The van der Waals surface area contributed by atoms with Gasteiger partial charge >= 0.3 is 0 Å². The summed E-state index contributed by atoms with van der Waals surface area (Å²) in [4.78, 5) is 2.46. The van der Waals surface area contributed by atoms with E-state index in [1.807, 2.05) is 11.8 Å². The highest BCUT2D eigenvalue weighted by atomic mass is 32.2. The lowest BCUT2D eigenvalue weighted by Gasteiger charge is -2.13. The summed E-state index contributed by atoms with van der Waals surface area (Å²) in [6, 6.07) is 0.414. The standard InChI is InChI=1S/C8H18N2S/c1-7-5-10(3-4-11-2)6-8(7)9/h7-8H,3-6,9H2,1-2H3. The highest BCUT2D eigenvalue weighted by Gasteiger charge is 2.25. The van der Waals surface area contributed by atoms with Crippen molar-refractivity contribution in [3.8, 4) is 0 Å². The van der Waals surface area contributed by atoms with Crippen LogP contribution in [0.4, 0.5) is 0 Å². The van der Waals surface area contributed by atoms with E-state index < -0.39 is 0 Å². The second kappa shape index (κ2) is 4.33. The van der Waals surface area contributed by atoms with Crippen molar-refractivity contribution in [2.45, 2.75) is 13.0 Å². The lowest BCUT2D eigenvalue weighted by atomic mass is 10.1. The number of thioether (sulfide) groups is 1. The van der Waals surface area contributed by atoms with Crippen LogP contribution in [0.15, 0.2) is 0 Å². The fourth-order valence-electron chi connectivity index (χ4n) is 1.50. The minimum absolute atomic E-state index is 0.414. The molecule has 2 atom stereocenters. The quantitative estimate of drug-likeness (QED) is 0.680. The molecule has 0 aromatic rings. The van der Waals surface area contributed by atoms with E-state index in [-0.39, 0.29) is 0 Å². The first-order chi connectivity index (χ1) is 5.24. The van der Waals surface area contributed by atoms with E-state index in [0.29, 0.717) is 12.0 Å². The Bertz CT molecular complexity index is 109. The molecule has 1 rings (SSSR count). The molecule has 0 radical (unpaired) electrons. The van der Waals surface area contributed by atoms with E-state index in [1.54, 1.807) is 0 Å². The van der Waals surface area contributed by atoms with Crippen molar-refractivity contribution in [3.05, 3.63) is 0 Å². The number of nitrogens with two attached hydrogens (primary N) is 1. The van der Waals surface area contributed by atoms with Crippen LogP contribution < -0.4 is 5.73 Å². The maximum absolute atomic E-state index is 5.89. The number of hydrogen-bond donors (Lipinski definition) is 1. The molecule has 66 valence electrons. The summed E-state index contributed by atoms with van der Waals surface area (Å²) in [5.41, 5.74) is 5.89. The average Bonchev–Trinajstić information content (AvgIpc) is 2.28. The molecule has 2 N–H and O–H groups in total. The molecule has 0 bridgehead atoms. The summed E-state index contributed by atoms with van der Waals surface area (Å²) < 4.78 is 0. The molecule has 1 aliphatic heterocycles. The highest BCUT2D eigenvalue weighted by molar-refractivity contribution is 7.98. The van der Waals surface area contributed by atoms with Crippen LogP contribution in [-0.4, -0.2) is 42.6 Å². The van der Waals surface area contributed by atoms with Gasteiger partial charge in [-0.25, -0.2) is 0 Å². The Morgan fingerprint density at radius 1 is 1.55 bits per heavy atom. The van der Waals surface area contributed by atoms with Crippen LogP contribution in [0.2, 0.25) is 0 Å². The zero-order valence-electron chi connectivity index (χ0n) is 7.42. The molecule has 1 aliphatic rings. The molecular weight excluding hydrogens is 156 g/mol. The predicted octanol–water partition coefficient (Wildman–Crippen LogP) is 0.628. The molecule has 0 aromatic carbocycles. The second-order valence-corrected chi connectivity index (χ2v) is 4.38. The molecule has 2 nitrogen and oxygen atoms in total. The molecule has 0 spiro atoms. The van der Waals surface area contributed by atoms with E-state index in [2.05, 4.69) is 18.1 Å². The lowest BCUT2D eigenvalue weighted by Crippen LogP contribution is -2.29. The first-order valence-electron chi connectivity index (χ1n) is 4.21. The molecule has 11 heavy (non-hydrogen) atoms. The average molecular weight is 174 g/mol. The van der Waals surface area contributed by atoms with Gasteiger partial charge < -0.3 is 10.6 Å². The van der Waals surface area contributed by atoms with E-state index in [0.717, 1.165) is 6.54 Å². The predicted molar refractivity (Wildman–Crippen MR) is 52.0 cm³/mol. The molecule has 3 heteroatoms. The third-order valence-electron chi connectivity index (χ3n) is 2.36. The molecule has 1 fully saturated rings. The van der Waals surface area contributed by atoms with Gasteiger partial charge in [-0.3, -0.25) is 0 Å². The Labute approximate surface area is 73.5 Å². The van der Waals surface area contributed by atoms with Crippen LogP contribution in [-0.2, 0) is 0 Å². The Kier molecular flexibility index (Phi) is 3.69. The van der Waals surface area contributed by atoms with E-state index in [4.69, 9.17) is 5.73 Å². The van der Waals surface area contributed by atoms with Gasteiger partial charge in [-0.1, -0.05) is 6.92 Å². The van der Waals surface area contributed by atoms with E-state index in [1.165, 1.54) is 18.8 Å². The minimum Gasteiger partial charge on any atom is -0.326 e. The Hall–Kier alpha value is 0.270. The monoisotopic (exact) mass is 174 g/mol.